The first-order valence-electron chi connectivity index (χ1n) is 8.10. The number of anilines is 1. The van der Waals surface area contributed by atoms with Crippen molar-refractivity contribution >= 4 is 5.69 Å². The van der Waals surface area contributed by atoms with E-state index in [-0.39, 0.29) is 17.3 Å². The fourth-order valence-corrected chi connectivity index (χ4v) is 3.14. The zero-order valence-corrected chi connectivity index (χ0v) is 13.1. The van der Waals surface area contributed by atoms with Crippen LogP contribution in [0, 0.1) is 0 Å². The van der Waals surface area contributed by atoms with Crippen LogP contribution in [0.5, 0.6) is 0 Å². The lowest BCUT2D eigenvalue weighted by Crippen LogP contribution is -2.24. The van der Waals surface area contributed by atoms with Gasteiger partial charge < -0.3 is 10.3 Å². The second kappa shape index (κ2) is 6.71. The van der Waals surface area contributed by atoms with Crippen molar-refractivity contribution in [1.29, 1.82) is 0 Å². The van der Waals surface area contributed by atoms with E-state index in [1.165, 1.54) is 24.4 Å². The Morgan fingerprint density at radius 1 is 1.00 bits per heavy atom. The van der Waals surface area contributed by atoms with Crippen LogP contribution in [0.4, 0.5) is 18.9 Å². The number of aromatic nitrogens is 1. The van der Waals surface area contributed by atoms with E-state index in [0.717, 1.165) is 38.2 Å². The number of benzene rings is 1. The molecule has 3 rings (SSSR count). The zero-order valence-electron chi connectivity index (χ0n) is 13.1. The van der Waals surface area contributed by atoms with Crippen LogP contribution in [0.3, 0.4) is 0 Å². The van der Waals surface area contributed by atoms with Crippen LogP contribution in [-0.4, -0.2) is 11.0 Å². The Kier molecular flexibility index (Phi) is 4.64. The standard InChI is InChI=1S/C18H19F3N2O/c19-18(20,21)15-10-12(13-7-9-17(24)22-11-13)6-8-16(15)23-14-4-2-1-3-5-14/h6-11,14,23H,1-5H2,(H,22,24). The summed E-state index contributed by atoms with van der Waals surface area (Å²) in [5.41, 5.74) is 0.141. The summed E-state index contributed by atoms with van der Waals surface area (Å²) in [6, 6.07) is 7.18. The summed E-state index contributed by atoms with van der Waals surface area (Å²) in [5, 5.41) is 3.07. The number of pyridine rings is 1. The quantitative estimate of drug-likeness (QED) is 0.845. The molecular formula is C18H19F3N2O. The second-order valence-corrected chi connectivity index (χ2v) is 6.18. The van der Waals surface area contributed by atoms with Gasteiger partial charge in [0.15, 0.2) is 0 Å². The third kappa shape index (κ3) is 3.80. The van der Waals surface area contributed by atoms with Crippen LogP contribution in [0.25, 0.3) is 11.1 Å². The molecule has 0 radical (unpaired) electrons. The van der Waals surface area contributed by atoms with Gasteiger partial charge >= 0.3 is 6.18 Å². The molecule has 0 aliphatic heterocycles. The molecule has 2 aromatic rings. The number of H-pyrrole nitrogens is 1. The molecule has 1 heterocycles. The van der Waals surface area contributed by atoms with E-state index in [0.29, 0.717) is 11.1 Å². The van der Waals surface area contributed by atoms with Gasteiger partial charge in [-0.1, -0.05) is 25.3 Å². The van der Waals surface area contributed by atoms with Crippen molar-refractivity contribution in [2.24, 2.45) is 0 Å². The molecule has 0 amide bonds. The first-order valence-corrected chi connectivity index (χ1v) is 8.10. The molecule has 1 aliphatic rings. The van der Waals surface area contributed by atoms with E-state index in [1.54, 1.807) is 6.07 Å². The lowest BCUT2D eigenvalue weighted by Gasteiger charge is -2.26. The molecule has 3 nitrogen and oxygen atoms in total. The first-order chi connectivity index (χ1) is 11.4. The van der Waals surface area contributed by atoms with Crippen LogP contribution < -0.4 is 10.9 Å². The maximum absolute atomic E-state index is 13.5. The number of rotatable bonds is 3. The molecule has 6 heteroatoms. The monoisotopic (exact) mass is 336 g/mol. The smallest absolute Gasteiger partial charge is 0.382 e. The lowest BCUT2D eigenvalue weighted by atomic mass is 9.94. The van der Waals surface area contributed by atoms with Gasteiger partial charge in [-0.3, -0.25) is 4.79 Å². The predicted octanol–water partition coefficient (Wildman–Crippen LogP) is 4.81. The van der Waals surface area contributed by atoms with Crippen LogP contribution in [0.15, 0.2) is 41.3 Å². The molecule has 0 atom stereocenters. The molecule has 0 bridgehead atoms. The summed E-state index contributed by atoms with van der Waals surface area (Å²) in [6.45, 7) is 0. The molecule has 1 saturated carbocycles. The molecule has 1 aliphatic carbocycles. The second-order valence-electron chi connectivity index (χ2n) is 6.18. The summed E-state index contributed by atoms with van der Waals surface area (Å²) in [4.78, 5) is 13.6. The van der Waals surface area contributed by atoms with Gasteiger partial charge in [0, 0.05) is 24.0 Å². The largest absolute Gasteiger partial charge is 0.418 e. The van der Waals surface area contributed by atoms with Gasteiger partial charge in [0.1, 0.15) is 0 Å². The number of aromatic amines is 1. The fourth-order valence-electron chi connectivity index (χ4n) is 3.14. The Morgan fingerprint density at radius 2 is 1.71 bits per heavy atom. The van der Waals surface area contributed by atoms with Gasteiger partial charge in [0.25, 0.3) is 0 Å². The Morgan fingerprint density at radius 3 is 2.33 bits per heavy atom. The SMILES string of the molecule is O=c1ccc(-c2ccc(NC3CCCCC3)c(C(F)(F)F)c2)c[nH]1. The normalized spacial score (nSPS) is 16.1. The van der Waals surface area contributed by atoms with Crippen LogP contribution in [0.2, 0.25) is 0 Å². The zero-order chi connectivity index (χ0) is 17.2. The highest BCUT2D eigenvalue weighted by Gasteiger charge is 2.34. The average Bonchev–Trinajstić information content (AvgIpc) is 2.56. The summed E-state index contributed by atoms with van der Waals surface area (Å²) in [7, 11) is 0. The maximum atomic E-state index is 13.5. The third-order valence-electron chi connectivity index (χ3n) is 4.41. The average molecular weight is 336 g/mol. The lowest BCUT2D eigenvalue weighted by molar-refractivity contribution is -0.136. The highest BCUT2D eigenvalue weighted by molar-refractivity contribution is 5.68. The number of alkyl halides is 3. The van der Waals surface area contributed by atoms with Crippen LogP contribution in [-0.2, 0) is 6.18 Å². The molecule has 0 spiro atoms. The van der Waals surface area contributed by atoms with Gasteiger partial charge in [-0.05, 0) is 42.2 Å². The number of hydrogen-bond donors (Lipinski definition) is 2. The molecule has 24 heavy (non-hydrogen) atoms. The molecule has 1 fully saturated rings. The fraction of sp³-hybridized carbons (Fsp3) is 0.389. The van der Waals surface area contributed by atoms with Crippen LogP contribution >= 0.6 is 0 Å². The molecule has 1 aromatic carbocycles. The van der Waals surface area contributed by atoms with Crippen molar-refractivity contribution < 1.29 is 13.2 Å². The molecule has 0 unspecified atom stereocenters. The van der Waals surface area contributed by atoms with E-state index in [2.05, 4.69) is 10.3 Å². The van der Waals surface area contributed by atoms with Gasteiger partial charge in [-0.2, -0.15) is 13.2 Å². The Labute approximate surface area is 137 Å². The van der Waals surface area contributed by atoms with Crippen molar-refractivity contribution in [3.8, 4) is 11.1 Å². The highest BCUT2D eigenvalue weighted by Crippen LogP contribution is 2.38. The molecule has 0 saturated heterocycles. The number of hydrogen-bond acceptors (Lipinski definition) is 2. The molecule has 1 aromatic heterocycles. The van der Waals surface area contributed by atoms with E-state index in [1.807, 2.05) is 0 Å². The summed E-state index contributed by atoms with van der Waals surface area (Å²) in [6.07, 6.45) is 2.04. The van der Waals surface area contributed by atoms with Crippen molar-refractivity contribution in [1.82, 2.24) is 4.98 Å². The van der Waals surface area contributed by atoms with E-state index < -0.39 is 11.7 Å². The van der Waals surface area contributed by atoms with E-state index in [4.69, 9.17) is 0 Å². The molecular weight excluding hydrogens is 317 g/mol. The third-order valence-corrected chi connectivity index (χ3v) is 4.41. The van der Waals surface area contributed by atoms with Crippen LogP contribution in [0.1, 0.15) is 37.7 Å². The van der Waals surface area contributed by atoms with Crippen molar-refractivity contribution in [3.63, 3.8) is 0 Å². The Balaban J connectivity index is 1.94. The van der Waals surface area contributed by atoms with Gasteiger partial charge in [0.05, 0.1) is 5.56 Å². The summed E-state index contributed by atoms with van der Waals surface area (Å²) in [5.74, 6) is 0. The highest BCUT2D eigenvalue weighted by atomic mass is 19.4. The minimum absolute atomic E-state index is 0.0961. The van der Waals surface area contributed by atoms with Crippen molar-refractivity contribution in [2.75, 3.05) is 5.32 Å². The predicted molar refractivity (Wildman–Crippen MR) is 88.0 cm³/mol. The van der Waals surface area contributed by atoms with Gasteiger partial charge in [0.2, 0.25) is 5.56 Å². The number of nitrogens with one attached hydrogen (secondary N) is 2. The summed E-state index contributed by atoms with van der Waals surface area (Å²) < 4.78 is 40.4. The van der Waals surface area contributed by atoms with E-state index in [9.17, 15) is 18.0 Å². The number of halogens is 3. The topological polar surface area (TPSA) is 44.9 Å². The minimum Gasteiger partial charge on any atom is -0.382 e. The van der Waals surface area contributed by atoms with Gasteiger partial charge in [-0.25, -0.2) is 0 Å². The maximum Gasteiger partial charge on any atom is 0.418 e. The first kappa shape index (κ1) is 16.6. The van der Waals surface area contributed by atoms with Gasteiger partial charge in [-0.15, -0.1) is 0 Å². The summed E-state index contributed by atoms with van der Waals surface area (Å²) >= 11 is 0. The molecule has 2 N–H and O–H groups in total. The van der Waals surface area contributed by atoms with Crippen molar-refractivity contribution in [2.45, 2.75) is 44.3 Å². The minimum atomic E-state index is -4.44. The Bertz CT molecular complexity index is 741. The Hall–Kier alpha value is -2.24. The van der Waals surface area contributed by atoms with Crippen molar-refractivity contribution in [3.05, 3.63) is 52.4 Å². The van der Waals surface area contributed by atoms with E-state index >= 15 is 0 Å². The molecule has 128 valence electrons.